The molecule has 20 heavy (non-hydrogen) atoms. The van der Waals surface area contributed by atoms with Crippen LogP contribution in [0.1, 0.15) is 12.5 Å². The lowest BCUT2D eigenvalue weighted by Gasteiger charge is -2.14. The number of rotatable bonds is 5. The minimum atomic E-state index is 0.757. The van der Waals surface area contributed by atoms with Crippen LogP contribution in [0.25, 0.3) is 0 Å². The van der Waals surface area contributed by atoms with Crippen LogP contribution in [0.4, 0.5) is 17.3 Å². The molecule has 0 aliphatic heterocycles. The van der Waals surface area contributed by atoms with Gasteiger partial charge in [-0.2, -0.15) is 0 Å². The van der Waals surface area contributed by atoms with Crippen molar-refractivity contribution in [3.63, 3.8) is 0 Å². The number of hydrogen-bond acceptors (Lipinski definition) is 5. The first-order chi connectivity index (χ1) is 9.65. The fourth-order valence-corrected chi connectivity index (χ4v) is 2.19. The molecular formula is C14H17BrN4O. The summed E-state index contributed by atoms with van der Waals surface area (Å²) in [5.41, 5.74) is 1.82. The molecule has 2 aromatic rings. The monoisotopic (exact) mass is 336 g/mol. The molecule has 0 aliphatic rings. The molecule has 0 aliphatic carbocycles. The molecule has 0 spiro atoms. The number of methoxy groups -OCH3 is 1. The molecule has 1 heterocycles. The molecule has 0 saturated heterocycles. The van der Waals surface area contributed by atoms with Gasteiger partial charge in [0.05, 0.1) is 12.8 Å². The van der Waals surface area contributed by atoms with Gasteiger partial charge >= 0.3 is 0 Å². The Morgan fingerprint density at radius 3 is 2.70 bits per heavy atom. The number of anilines is 3. The van der Waals surface area contributed by atoms with E-state index in [4.69, 9.17) is 4.74 Å². The van der Waals surface area contributed by atoms with Crippen molar-refractivity contribution in [1.82, 2.24) is 9.97 Å². The van der Waals surface area contributed by atoms with Crippen LogP contribution >= 0.6 is 15.9 Å². The van der Waals surface area contributed by atoms with Crippen molar-refractivity contribution in [3.05, 3.63) is 34.6 Å². The minimum absolute atomic E-state index is 0.757. The fraction of sp³-hybridized carbons (Fsp3) is 0.286. The van der Waals surface area contributed by atoms with E-state index in [0.717, 1.165) is 39.7 Å². The zero-order valence-electron chi connectivity index (χ0n) is 11.7. The number of hydrogen-bond donors (Lipinski definition) is 2. The molecule has 0 atom stereocenters. The number of benzene rings is 1. The molecule has 0 saturated carbocycles. The standard InChI is InChI=1S/C14H17BrN4O/c1-4-16-13-9(2)14(18-8-17-13)19-11-7-10(15)5-6-12(11)20-3/h5-8H,4H2,1-3H3,(H2,16,17,18,19). The summed E-state index contributed by atoms with van der Waals surface area (Å²) in [6.45, 7) is 4.83. The van der Waals surface area contributed by atoms with E-state index in [9.17, 15) is 0 Å². The van der Waals surface area contributed by atoms with Gasteiger partial charge in [-0.1, -0.05) is 15.9 Å². The van der Waals surface area contributed by atoms with E-state index < -0.39 is 0 Å². The van der Waals surface area contributed by atoms with Gasteiger partial charge in [0, 0.05) is 16.6 Å². The topological polar surface area (TPSA) is 59.1 Å². The maximum atomic E-state index is 5.35. The Bertz CT molecular complexity index is 604. The summed E-state index contributed by atoms with van der Waals surface area (Å²) in [6, 6.07) is 5.78. The largest absolute Gasteiger partial charge is 0.495 e. The van der Waals surface area contributed by atoms with Gasteiger partial charge in [-0.25, -0.2) is 9.97 Å². The normalized spacial score (nSPS) is 10.2. The highest BCUT2D eigenvalue weighted by molar-refractivity contribution is 9.10. The number of halogens is 1. The van der Waals surface area contributed by atoms with Gasteiger partial charge in [-0.3, -0.25) is 0 Å². The Morgan fingerprint density at radius 1 is 1.25 bits per heavy atom. The third kappa shape index (κ3) is 3.19. The SMILES string of the molecule is CCNc1ncnc(Nc2cc(Br)ccc2OC)c1C. The van der Waals surface area contributed by atoms with Crippen LogP contribution in [0, 0.1) is 6.92 Å². The van der Waals surface area contributed by atoms with Crippen molar-refractivity contribution >= 4 is 33.3 Å². The first-order valence-electron chi connectivity index (χ1n) is 6.31. The van der Waals surface area contributed by atoms with Gasteiger partial charge in [-0.05, 0) is 32.0 Å². The smallest absolute Gasteiger partial charge is 0.142 e. The molecule has 6 heteroatoms. The quantitative estimate of drug-likeness (QED) is 0.871. The minimum Gasteiger partial charge on any atom is -0.495 e. The number of aromatic nitrogens is 2. The van der Waals surface area contributed by atoms with Crippen molar-refractivity contribution in [2.24, 2.45) is 0 Å². The maximum Gasteiger partial charge on any atom is 0.142 e. The van der Waals surface area contributed by atoms with Crippen molar-refractivity contribution in [3.8, 4) is 5.75 Å². The Hall–Kier alpha value is -1.82. The van der Waals surface area contributed by atoms with E-state index in [-0.39, 0.29) is 0 Å². The van der Waals surface area contributed by atoms with E-state index in [1.165, 1.54) is 6.33 Å². The van der Waals surface area contributed by atoms with Crippen molar-refractivity contribution < 1.29 is 4.74 Å². The van der Waals surface area contributed by atoms with Gasteiger partial charge in [0.15, 0.2) is 0 Å². The average molecular weight is 337 g/mol. The molecule has 0 amide bonds. The van der Waals surface area contributed by atoms with Crippen LogP contribution in [-0.2, 0) is 0 Å². The van der Waals surface area contributed by atoms with Gasteiger partial charge in [-0.15, -0.1) is 0 Å². The molecule has 0 radical (unpaired) electrons. The molecule has 0 bridgehead atoms. The van der Waals surface area contributed by atoms with Crippen molar-refractivity contribution in [1.29, 1.82) is 0 Å². The second-order valence-electron chi connectivity index (χ2n) is 4.20. The van der Waals surface area contributed by atoms with Crippen molar-refractivity contribution in [2.45, 2.75) is 13.8 Å². The van der Waals surface area contributed by atoms with Crippen molar-refractivity contribution in [2.75, 3.05) is 24.3 Å². The van der Waals surface area contributed by atoms with E-state index in [2.05, 4.69) is 36.5 Å². The Morgan fingerprint density at radius 2 is 2.00 bits per heavy atom. The Balaban J connectivity index is 2.35. The van der Waals surface area contributed by atoms with E-state index in [0.29, 0.717) is 0 Å². The molecular weight excluding hydrogens is 320 g/mol. The summed E-state index contributed by atoms with van der Waals surface area (Å²) in [7, 11) is 1.64. The van der Waals surface area contributed by atoms with E-state index in [1.807, 2.05) is 32.0 Å². The average Bonchev–Trinajstić information content (AvgIpc) is 2.44. The summed E-state index contributed by atoms with van der Waals surface area (Å²) < 4.78 is 6.32. The number of nitrogens with zero attached hydrogens (tertiary/aromatic N) is 2. The molecule has 1 aromatic carbocycles. The summed E-state index contributed by atoms with van der Waals surface area (Å²) >= 11 is 3.46. The zero-order chi connectivity index (χ0) is 14.5. The first kappa shape index (κ1) is 14.6. The zero-order valence-corrected chi connectivity index (χ0v) is 13.3. The molecule has 2 rings (SSSR count). The molecule has 5 nitrogen and oxygen atoms in total. The molecule has 1 aromatic heterocycles. The second kappa shape index (κ2) is 6.56. The predicted molar refractivity (Wildman–Crippen MR) is 84.9 cm³/mol. The van der Waals surface area contributed by atoms with Gasteiger partial charge in [0.2, 0.25) is 0 Å². The Labute approximate surface area is 126 Å². The highest BCUT2D eigenvalue weighted by atomic mass is 79.9. The van der Waals surface area contributed by atoms with E-state index >= 15 is 0 Å². The lowest BCUT2D eigenvalue weighted by Crippen LogP contribution is -2.06. The molecule has 0 unspecified atom stereocenters. The Kier molecular flexibility index (Phi) is 4.79. The fourth-order valence-electron chi connectivity index (χ4n) is 1.83. The van der Waals surface area contributed by atoms with Crippen LogP contribution in [0.2, 0.25) is 0 Å². The molecule has 0 fully saturated rings. The van der Waals surface area contributed by atoms with Crippen LogP contribution in [0.15, 0.2) is 29.0 Å². The van der Waals surface area contributed by atoms with Crippen LogP contribution in [0.5, 0.6) is 5.75 Å². The maximum absolute atomic E-state index is 5.35. The number of ether oxygens (including phenoxy) is 1. The summed E-state index contributed by atoms with van der Waals surface area (Å²) in [6.07, 6.45) is 1.54. The third-order valence-corrected chi connectivity index (χ3v) is 3.34. The van der Waals surface area contributed by atoms with E-state index in [1.54, 1.807) is 7.11 Å². The second-order valence-corrected chi connectivity index (χ2v) is 5.11. The van der Waals surface area contributed by atoms with Gasteiger partial charge < -0.3 is 15.4 Å². The summed E-state index contributed by atoms with van der Waals surface area (Å²) in [5.74, 6) is 2.35. The highest BCUT2D eigenvalue weighted by Gasteiger charge is 2.09. The predicted octanol–water partition coefficient (Wildman–Crippen LogP) is 3.73. The van der Waals surface area contributed by atoms with Gasteiger partial charge in [0.1, 0.15) is 23.7 Å². The van der Waals surface area contributed by atoms with Crippen LogP contribution in [-0.4, -0.2) is 23.6 Å². The number of nitrogens with one attached hydrogen (secondary N) is 2. The first-order valence-corrected chi connectivity index (χ1v) is 7.11. The lowest BCUT2D eigenvalue weighted by molar-refractivity contribution is 0.416. The highest BCUT2D eigenvalue weighted by Crippen LogP contribution is 2.31. The third-order valence-electron chi connectivity index (χ3n) is 2.84. The molecule has 2 N–H and O–H groups in total. The summed E-state index contributed by atoms with van der Waals surface area (Å²) in [4.78, 5) is 8.52. The van der Waals surface area contributed by atoms with Crippen LogP contribution < -0.4 is 15.4 Å². The van der Waals surface area contributed by atoms with Crippen LogP contribution in [0.3, 0.4) is 0 Å². The summed E-state index contributed by atoms with van der Waals surface area (Å²) in [5, 5.41) is 6.50. The lowest BCUT2D eigenvalue weighted by atomic mass is 10.2. The molecule has 106 valence electrons. The van der Waals surface area contributed by atoms with Gasteiger partial charge in [0.25, 0.3) is 0 Å².